The number of nitro benzene ring substituents is 1. The molecule has 0 atom stereocenters. The highest BCUT2D eigenvalue weighted by Crippen LogP contribution is 2.30. The van der Waals surface area contributed by atoms with Crippen LogP contribution in [0.25, 0.3) is 6.08 Å². The maximum atomic E-state index is 11.5. The summed E-state index contributed by atoms with van der Waals surface area (Å²) in [5.74, 6) is -0.353. The maximum Gasteiger partial charge on any atom is 0.278 e. The van der Waals surface area contributed by atoms with E-state index in [1.165, 1.54) is 24.3 Å². The molecule has 0 spiro atoms. The van der Waals surface area contributed by atoms with E-state index in [0.29, 0.717) is 14.8 Å². The molecule has 1 heterocycles. The second kappa shape index (κ2) is 5.05. The Kier molecular flexibility index (Phi) is 3.65. The lowest BCUT2D eigenvalue weighted by Gasteiger charge is -1.99. The summed E-state index contributed by atoms with van der Waals surface area (Å²) in [6.07, 6.45) is 1.42. The predicted octanol–water partition coefficient (Wildman–Crippen LogP) is 2.74. The largest absolute Gasteiger partial charge is 0.307 e. The molecule has 5 nitrogen and oxygen atoms in total. The average Bonchev–Trinajstić information content (AvgIpc) is 2.60. The smallest absolute Gasteiger partial charge is 0.278 e. The molecule has 1 aromatic carbocycles. The van der Waals surface area contributed by atoms with Gasteiger partial charge in [-0.25, -0.2) is 0 Å². The number of rotatable bonds is 2. The van der Waals surface area contributed by atoms with Crippen molar-refractivity contribution in [3.05, 3.63) is 43.8 Å². The molecule has 0 saturated carbocycles. The SMILES string of the molecule is O=C1NC(=S)SC1=Cc1ccc(Cl)cc1[N+](=O)[O-]. The van der Waals surface area contributed by atoms with Gasteiger partial charge in [-0.15, -0.1) is 0 Å². The summed E-state index contributed by atoms with van der Waals surface area (Å²) in [5, 5.41) is 13.6. The van der Waals surface area contributed by atoms with Gasteiger partial charge in [0.2, 0.25) is 0 Å². The van der Waals surface area contributed by atoms with E-state index in [0.717, 1.165) is 11.8 Å². The van der Waals surface area contributed by atoms with Crippen LogP contribution < -0.4 is 5.32 Å². The molecule has 18 heavy (non-hydrogen) atoms. The van der Waals surface area contributed by atoms with E-state index in [1.807, 2.05) is 0 Å². The first kappa shape index (κ1) is 13.0. The Morgan fingerprint density at radius 2 is 2.22 bits per heavy atom. The number of carbonyl (C=O) groups excluding carboxylic acids is 1. The second-order valence-electron chi connectivity index (χ2n) is 3.31. The van der Waals surface area contributed by atoms with Gasteiger partial charge in [0.1, 0.15) is 4.32 Å². The number of thiocarbonyl (C=S) groups is 1. The van der Waals surface area contributed by atoms with Gasteiger partial charge in [0.25, 0.3) is 11.6 Å². The predicted molar refractivity (Wildman–Crippen MR) is 74.4 cm³/mol. The van der Waals surface area contributed by atoms with E-state index in [1.54, 1.807) is 0 Å². The summed E-state index contributed by atoms with van der Waals surface area (Å²) in [7, 11) is 0. The fraction of sp³-hybridized carbons (Fsp3) is 0. The van der Waals surface area contributed by atoms with Gasteiger partial charge in [0, 0.05) is 11.1 Å². The van der Waals surface area contributed by atoms with Crippen molar-refractivity contribution in [1.82, 2.24) is 5.32 Å². The van der Waals surface area contributed by atoms with Gasteiger partial charge in [-0.1, -0.05) is 35.6 Å². The third-order valence-electron chi connectivity index (χ3n) is 2.12. The van der Waals surface area contributed by atoms with E-state index >= 15 is 0 Å². The molecule has 1 N–H and O–H groups in total. The molecule has 1 saturated heterocycles. The zero-order valence-corrected chi connectivity index (χ0v) is 11.1. The Morgan fingerprint density at radius 3 is 2.78 bits per heavy atom. The summed E-state index contributed by atoms with van der Waals surface area (Å²) in [6, 6.07) is 4.25. The van der Waals surface area contributed by atoms with Crippen LogP contribution in [-0.2, 0) is 4.79 Å². The number of hydrogen-bond acceptors (Lipinski definition) is 5. The summed E-state index contributed by atoms with van der Waals surface area (Å²) in [4.78, 5) is 22.1. The number of carbonyl (C=O) groups is 1. The number of thioether (sulfide) groups is 1. The van der Waals surface area contributed by atoms with Gasteiger partial charge < -0.3 is 5.32 Å². The van der Waals surface area contributed by atoms with E-state index in [2.05, 4.69) is 5.32 Å². The second-order valence-corrected chi connectivity index (χ2v) is 5.47. The topological polar surface area (TPSA) is 72.2 Å². The van der Waals surface area contributed by atoms with Crippen molar-refractivity contribution in [2.75, 3.05) is 0 Å². The van der Waals surface area contributed by atoms with Crippen LogP contribution in [0.3, 0.4) is 0 Å². The Bertz CT molecular complexity index is 601. The zero-order valence-electron chi connectivity index (χ0n) is 8.68. The van der Waals surface area contributed by atoms with Gasteiger partial charge in [-0.2, -0.15) is 0 Å². The molecule has 1 fully saturated rings. The van der Waals surface area contributed by atoms with E-state index in [4.69, 9.17) is 23.8 Å². The zero-order chi connectivity index (χ0) is 13.3. The third-order valence-corrected chi connectivity index (χ3v) is 3.52. The van der Waals surface area contributed by atoms with Gasteiger partial charge in [0.15, 0.2) is 0 Å². The van der Waals surface area contributed by atoms with E-state index < -0.39 is 4.92 Å². The highest BCUT2D eigenvalue weighted by molar-refractivity contribution is 8.26. The van der Waals surface area contributed by atoms with Crippen LogP contribution in [-0.4, -0.2) is 15.2 Å². The molecular weight excluding hydrogens is 296 g/mol. The van der Waals surface area contributed by atoms with Crippen LogP contribution in [0.1, 0.15) is 5.56 Å². The molecule has 0 bridgehead atoms. The molecular formula is C10H5ClN2O3S2. The van der Waals surface area contributed by atoms with Gasteiger partial charge >= 0.3 is 0 Å². The van der Waals surface area contributed by atoms with Crippen molar-refractivity contribution in [2.45, 2.75) is 0 Å². The van der Waals surface area contributed by atoms with Gasteiger partial charge in [0.05, 0.1) is 15.4 Å². The van der Waals surface area contributed by atoms with Crippen LogP contribution in [0.5, 0.6) is 0 Å². The Hall–Kier alpha value is -1.44. The lowest BCUT2D eigenvalue weighted by Crippen LogP contribution is -2.17. The van der Waals surface area contributed by atoms with Crippen LogP contribution in [0.15, 0.2) is 23.1 Å². The van der Waals surface area contributed by atoms with Crippen LogP contribution >= 0.6 is 35.6 Å². The maximum absolute atomic E-state index is 11.5. The normalized spacial score (nSPS) is 17.1. The fourth-order valence-corrected chi connectivity index (χ4v) is 2.56. The molecule has 92 valence electrons. The van der Waals surface area contributed by atoms with Gasteiger partial charge in [-0.3, -0.25) is 14.9 Å². The molecule has 1 aromatic rings. The lowest BCUT2D eigenvalue weighted by molar-refractivity contribution is -0.385. The summed E-state index contributed by atoms with van der Waals surface area (Å²) < 4.78 is 0.336. The van der Waals surface area contributed by atoms with Crippen LogP contribution in [0.2, 0.25) is 5.02 Å². The molecule has 8 heteroatoms. The number of halogens is 1. The molecule has 1 amide bonds. The number of nitrogens with one attached hydrogen (secondary N) is 1. The summed E-state index contributed by atoms with van der Waals surface area (Å²) >= 11 is 11.6. The first-order chi connectivity index (χ1) is 8.47. The third kappa shape index (κ3) is 2.69. The summed E-state index contributed by atoms with van der Waals surface area (Å²) in [5.41, 5.74) is 0.160. The van der Waals surface area contributed by atoms with Crippen molar-refractivity contribution >= 4 is 57.6 Å². The number of nitrogens with zero attached hydrogens (tertiary/aromatic N) is 1. The molecule has 0 radical (unpaired) electrons. The minimum atomic E-state index is -0.548. The minimum Gasteiger partial charge on any atom is -0.307 e. The van der Waals surface area contributed by atoms with Crippen molar-refractivity contribution in [3.8, 4) is 0 Å². The molecule has 1 aliphatic rings. The number of benzene rings is 1. The fourth-order valence-electron chi connectivity index (χ4n) is 1.36. The van der Waals surface area contributed by atoms with Crippen LogP contribution in [0, 0.1) is 10.1 Å². The van der Waals surface area contributed by atoms with E-state index in [-0.39, 0.29) is 16.6 Å². The lowest BCUT2D eigenvalue weighted by atomic mass is 10.1. The molecule has 1 aliphatic heterocycles. The monoisotopic (exact) mass is 300 g/mol. The number of nitro groups is 1. The highest BCUT2D eigenvalue weighted by Gasteiger charge is 2.23. The number of amides is 1. The van der Waals surface area contributed by atoms with Crippen molar-refractivity contribution in [3.63, 3.8) is 0 Å². The van der Waals surface area contributed by atoms with Crippen LogP contribution in [0.4, 0.5) is 5.69 Å². The van der Waals surface area contributed by atoms with E-state index in [9.17, 15) is 14.9 Å². The van der Waals surface area contributed by atoms with Gasteiger partial charge in [-0.05, 0) is 18.2 Å². The molecule has 0 unspecified atom stereocenters. The first-order valence-electron chi connectivity index (χ1n) is 4.66. The van der Waals surface area contributed by atoms with Crippen molar-refractivity contribution < 1.29 is 9.72 Å². The van der Waals surface area contributed by atoms with Crippen molar-refractivity contribution in [2.24, 2.45) is 0 Å². The number of hydrogen-bond donors (Lipinski definition) is 1. The standard InChI is InChI=1S/C10H5ClN2O3S2/c11-6-2-1-5(7(4-6)13(15)16)3-8-9(14)12-10(17)18-8/h1-4H,(H,12,14,17). The molecule has 2 rings (SSSR count). The average molecular weight is 301 g/mol. The quantitative estimate of drug-likeness (QED) is 0.393. The Labute approximate surface area is 116 Å². The Balaban J connectivity index is 2.46. The van der Waals surface area contributed by atoms with Crippen molar-refractivity contribution in [1.29, 1.82) is 0 Å². The Morgan fingerprint density at radius 1 is 1.50 bits per heavy atom. The first-order valence-corrected chi connectivity index (χ1v) is 6.26. The minimum absolute atomic E-state index is 0.152. The molecule has 0 aliphatic carbocycles. The highest BCUT2D eigenvalue weighted by atomic mass is 35.5. The molecule has 0 aromatic heterocycles. The summed E-state index contributed by atoms with van der Waals surface area (Å²) in [6.45, 7) is 0.